The molecule has 1 N–H and O–H groups in total. The van der Waals surface area contributed by atoms with E-state index in [1.807, 2.05) is 68.4 Å². The summed E-state index contributed by atoms with van der Waals surface area (Å²) in [5.74, 6) is 0.497. The Morgan fingerprint density at radius 1 is 0.967 bits per heavy atom. The zero-order valence-corrected chi connectivity index (χ0v) is 16.8. The normalized spacial score (nSPS) is 11.7. The number of para-hydroxylation sites is 1. The van der Waals surface area contributed by atoms with Crippen LogP contribution >= 0.6 is 0 Å². The van der Waals surface area contributed by atoms with E-state index in [2.05, 4.69) is 30.6 Å². The van der Waals surface area contributed by atoms with Crippen LogP contribution in [0.2, 0.25) is 0 Å². The van der Waals surface area contributed by atoms with E-state index in [4.69, 9.17) is 0 Å². The molecule has 0 amide bonds. The molecule has 0 unspecified atom stereocenters. The van der Waals surface area contributed by atoms with Gasteiger partial charge < -0.3 is 0 Å². The fourth-order valence-corrected chi connectivity index (χ4v) is 2.88. The van der Waals surface area contributed by atoms with Crippen molar-refractivity contribution in [2.75, 3.05) is 0 Å². The molecule has 0 aliphatic heterocycles. The highest BCUT2D eigenvalue weighted by molar-refractivity contribution is 5.80. The van der Waals surface area contributed by atoms with Gasteiger partial charge in [0.05, 0.1) is 29.0 Å². The molecule has 9 nitrogen and oxygen atoms in total. The van der Waals surface area contributed by atoms with Crippen molar-refractivity contribution < 1.29 is 0 Å². The van der Waals surface area contributed by atoms with Crippen LogP contribution in [-0.2, 0) is 0 Å². The average Bonchev–Trinajstić information content (AvgIpc) is 3.24. The van der Waals surface area contributed by atoms with Crippen molar-refractivity contribution in [1.29, 1.82) is 0 Å². The lowest BCUT2D eigenvalue weighted by Crippen LogP contribution is -2.21. The Hall–Kier alpha value is -4.14. The molecule has 0 radical (unpaired) electrons. The van der Waals surface area contributed by atoms with Crippen LogP contribution in [0.5, 0.6) is 0 Å². The third-order valence-corrected chi connectivity index (χ3v) is 4.48. The van der Waals surface area contributed by atoms with E-state index in [0.29, 0.717) is 17.2 Å². The van der Waals surface area contributed by atoms with Gasteiger partial charge in [0, 0.05) is 0 Å². The Kier molecular flexibility index (Phi) is 5.17. The molecule has 4 aromatic rings. The monoisotopic (exact) mass is 400 g/mol. The Bertz CT molecular complexity index is 1260. The molecule has 2 heterocycles. The van der Waals surface area contributed by atoms with Gasteiger partial charge in [0.2, 0.25) is 0 Å². The van der Waals surface area contributed by atoms with Gasteiger partial charge in [-0.3, -0.25) is 5.10 Å². The summed E-state index contributed by atoms with van der Waals surface area (Å²) in [6, 6.07) is 16.6. The second kappa shape index (κ2) is 8.08. The first-order valence-electron chi connectivity index (χ1n) is 9.35. The van der Waals surface area contributed by atoms with Crippen molar-refractivity contribution in [3.8, 4) is 5.69 Å². The summed E-state index contributed by atoms with van der Waals surface area (Å²) < 4.78 is 2.60. The third-order valence-electron chi connectivity index (χ3n) is 4.48. The summed E-state index contributed by atoms with van der Waals surface area (Å²) in [7, 11) is 0. The summed E-state index contributed by atoms with van der Waals surface area (Å²) in [5.41, 5.74) is 4.31. The SMILES string of the molecule is Cc1n[nH]c(C)c1N=Nc1ccc(/C=N/n2c(C)nn(-c3ccccc3)c2=O)cc1. The quantitative estimate of drug-likeness (QED) is 0.404. The number of hydrogen-bond donors (Lipinski definition) is 1. The van der Waals surface area contributed by atoms with Crippen LogP contribution < -0.4 is 5.69 Å². The molecule has 30 heavy (non-hydrogen) atoms. The molecular formula is C21H20N8O. The zero-order valence-electron chi connectivity index (χ0n) is 16.8. The Balaban J connectivity index is 1.53. The highest BCUT2D eigenvalue weighted by atomic mass is 16.2. The smallest absolute Gasteiger partial charge is 0.280 e. The van der Waals surface area contributed by atoms with E-state index in [-0.39, 0.29) is 5.69 Å². The van der Waals surface area contributed by atoms with E-state index in [1.54, 1.807) is 13.1 Å². The third kappa shape index (κ3) is 3.86. The van der Waals surface area contributed by atoms with Crippen LogP contribution in [0.4, 0.5) is 11.4 Å². The first-order valence-corrected chi connectivity index (χ1v) is 9.35. The molecule has 2 aromatic heterocycles. The van der Waals surface area contributed by atoms with Crippen molar-refractivity contribution >= 4 is 17.6 Å². The number of aromatic nitrogens is 5. The van der Waals surface area contributed by atoms with Crippen molar-refractivity contribution in [3.63, 3.8) is 0 Å². The highest BCUT2D eigenvalue weighted by Gasteiger charge is 2.10. The predicted molar refractivity (Wildman–Crippen MR) is 114 cm³/mol. The van der Waals surface area contributed by atoms with Crippen molar-refractivity contribution in [2.24, 2.45) is 15.3 Å². The number of aryl methyl sites for hydroxylation is 3. The topological polar surface area (TPSA) is 106 Å². The van der Waals surface area contributed by atoms with Gasteiger partial charge in [-0.25, -0.2) is 4.79 Å². The minimum atomic E-state index is -0.328. The molecule has 0 saturated heterocycles. The predicted octanol–water partition coefficient (Wildman–Crippen LogP) is 3.98. The minimum absolute atomic E-state index is 0.328. The Labute approximate surface area is 172 Å². The standard InChI is InChI=1S/C21H20N8O/c1-14-20(15(2)24-23-14)26-25-18-11-9-17(10-12-18)13-22-28-16(3)27-29(21(28)30)19-7-5-4-6-8-19/h4-13H,1-3H3,(H,23,24)/b22-13+,26-25?. The van der Waals surface area contributed by atoms with E-state index >= 15 is 0 Å². The molecule has 0 aliphatic rings. The summed E-state index contributed by atoms with van der Waals surface area (Å²) in [4.78, 5) is 12.6. The van der Waals surface area contributed by atoms with Crippen LogP contribution in [0.15, 0.2) is 74.7 Å². The molecular weight excluding hydrogens is 380 g/mol. The maximum absolute atomic E-state index is 12.6. The van der Waals surface area contributed by atoms with Gasteiger partial charge in [-0.1, -0.05) is 30.3 Å². The van der Waals surface area contributed by atoms with Gasteiger partial charge >= 0.3 is 5.69 Å². The number of aromatic amines is 1. The molecule has 9 heteroatoms. The lowest BCUT2D eigenvalue weighted by Gasteiger charge is -1.97. The van der Waals surface area contributed by atoms with Gasteiger partial charge in [0.1, 0.15) is 5.69 Å². The fourth-order valence-electron chi connectivity index (χ4n) is 2.88. The second-order valence-corrected chi connectivity index (χ2v) is 6.71. The van der Waals surface area contributed by atoms with E-state index in [9.17, 15) is 4.79 Å². The first-order chi connectivity index (χ1) is 14.5. The average molecular weight is 400 g/mol. The number of rotatable bonds is 5. The second-order valence-electron chi connectivity index (χ2n) is 6.71. The van der Waals surface area contributed by atoms with Gasteiger partial charge in [-0.2, -0.15) is 24.7 Å². The molecule has 150 valence electrons. The number of nitrogens with zero attached hydrogens (tertiary/aromatic N) is 7. The van der Waals surface area contributed by atoms with E-state index < -0.39 is 0 Å². The summed E-state index contributed by atoms with van der Waals surface area (Å²) in [5, 5.41) is 24.1. The summed E-state index contributed by atoms with van der Waals surface area (Å²) >= 11 is 0. The molecule has 4 rings (SSSR count). The maximum Gasteiger partial charge on any atom is 0.371 e. The number of nitrogens with one attached hydrogen (secondary N) is 1. The highest BCUT2D eigenvalue weighted by Crippen LogP contribution is 2.23. The van der Waals surface area contributed by atoms with Gasteiger partial charge in [0.15, 0.2) is 5.82 Å². The van der Waals surface area contributed by atoms with Crippen molar-refractivity contribution in [2.45, 2.75) is 20.8 Å². The fraction of sp³-hybridized carbons (Fsp3) is 0.143. The lowest BCUT2D eigenvalue weighted by atomic mass is 10.2. The van der Waals surface area contributed by atoms with Crippen molar-refractivity contribution in [3.05, 3.63) is 87.9 Å². The molecule has 0 saturated carbocycles. The zero-order chi connectivity index (χ0) is 21.1. The summed E-state index contributed by atoms with van der Waals surface area (Å²) in [6.07, 6.45) is 1.61. The molecule has 0 atom stereocenters. The van der Waals surface area contributed by atoms with Crippen LogP contribution in [0.25, 0.3) is 5.69 Å². The molecule has 0 bridgehead atoms. The molecule has 0 fully saturated rings. The Morgan fingerprint density at radius 2 is 1.70 bits per heavy atom. The van der Waals surface area contributed by atoms with Crippen LogP contribution in [0, 0.1) is 20.8 Å². The van der Waals surface area contributed by atoms with Crippen LogP contribution in [-0.4, -0.2) is 30.9 Å². The van der Waals surface area contributed by atoms with Gasteiger partial charge in [-0.05, 0) is 50.6 Å². The number of H-pyrrole nitrogens is 1. The molecule has 2 aromatic carbocycles. The summed E-state index contributed by atoms with van der Waals surface area (Å²) in [6.45, 7) is 5.51. The molecule has 0 aliphatic carbocycles. The first kappa shape index (κ1) is 19.2. The van der Waals surface area contributed by atoms with Crippen LogP contribution in [0.1, 0.15) is 22.8 Å². The van der Waals surface area contributed by atoms with Crippen LogP contribution in [0.3, 0.4) is 0 Å². The number of hydrogen-bond acceptors (Lipinski definition) is 6. The van der Waals surface area contributed by atoms with E-state index in [1.165, 1.54) is 9.36 Å². The maximum atomic E-state index is 12.6. The number of azo groups is 1. The van der Waals surface area contributed by atoms with Crippen molar-refractivity contribution in [1.82, 2.24) is 24.7 Å². The lowest BCUT2D eigenvalue weighted by molar-refractivity contribution is 0.778. The Morgan fingerprint density at radius 3 is 2.37 bits per heavy atom. The minimum Gasteiger partial charge on any atom is -0.280 e. The van der Waals surface area contributed by atoms with Gasteiger partial charge in [-0.15, -0.1) is 10.2 Å². The molecule has 0 spiro atoms. The van der Waals surface area contributed by atoms with Gasteiger partial charge in [0.25, 0.3) is 0 Å². The largest absolute Gasteiger partial charge is 0.371 e. The number of benzene rings is 2. The van der Waals surface area contributed by atoms with E-state index in [0.717, 1.165) is 22.6 Å².